The molecule has 0 aliphatic heterocycles. The summed E-state index contributed by atoms with van der Waals surface area (Å²) in [7, 11) is 0. The lowest BCUT2D eigenvalue weighted by Gasteiger charge is -2.04. The Labute approximate surface area is 77.1 Å². The monoisotopic (exact) mass is 204 g/mol. The molecule has 0 saturated heterocycles. The van der Waals surface area contributed by atoms with Crippen LogP contribution >= 0.6 is 12.2 Å². The molecule has 0 atom stereocenters. The van der Waals surface area contributed by atoms with Gasteiger partial charge in [0, 0.05) is 6.20 Å². The van der Waals surface area contributed by atoms with E-state index in [1.54, 1.807) is 0 Å². The van der Waals surface area contributed by atoms with Crippen LogP contribution in [-0.2, 0) is 6.18 Å². The highest BCUT2D eigenvalue weighted by Crippen LogP contribution is 2.28. The van der Waals surface area contributed by atoms with Gasteiger partial charge in [-0.15, -0.1) is 0 Å². The van der Waals surface area contributed by atoms with Gasteiger partial charge in [0.25, 0.3) is 0 Å². The molecule has 0 bridgehead atoms. The Hall–Kier alpha value is -1.26. The maximum atomic E-state index is 12.0. The van der Waals surface area contributed by atoms with E-state index in [0.717, 1.165) is 12.1 Å². The maximum absolute atomic E-state index is 12.0. The third-order valence-electron chi connectivity index (χ3n) is 1.24. The molecule has 68 valence electrons. The third-order valence-corrected chi connectivity index (χ3v) is 1.33. The van der Waals surface area contributed by atoms with E-state index >= 15 is 0 Å². The fourth-order valence-electron chi connectivity index (χ4n) is 0.667. The van der Waals surface area contributed by atoms with Crippen molar-refractivity contribution in [2.45, 2.75) is 6.18 Å². The van der Waals surface area contributed by atoms with Crippen LogP contribution in [0.1, 0.15) is 5.56 Å². The summed E-state index contributed by atoms with van der Waals surface area (Å²) >= 11 is 4.26. The van der Waals surface area contributed by atoms with Crippen LogP contribution in [0.3, 0.4) is 0 Å². The number of isothiocyanates is 1. The van der Waals surface area contributed by atoms with Crippen LogP contribution in [0.5, 0.6) is 0 Å². The van der Waals surface area contributed by atoms with Crippen molar-refractivity contribution >= 4 is 23.2 Å². The molecule has 13 heavy (non-hydrogen) atoms. The molecule has 0 amide bonds. The predicted octanol–water partition coefficient (Wildman–Crippen LogP) is 2.83. The first-order valence-electron chi connectivity index (χ1n) is 3.15. The minimum absolute atomic E-state index is 0.114. The average molecular weight is 204 g/mol. The highest BCUT2D eigenvalue weighted by molar-refractivity contribution is 7.78. The molecule has 2 nitrogen and oxygen atoms in total. The van der Waals surface area contributed by atoms with Gasteiger partial charge in [-0.1, -0.05) is 0 Å². The molecule has 0 aliphatic carbocycles. The maximum Gasteiger partial charge on any atom is 0.417 e. The van der Waals surface area contributed by atoms with E-state index < -0.39 is 11.7 Å². The van der Waals surface area contributed by atoms with Gasteiger partial charge in [0.2, 0.25) is 0 Å². The highest BCUT2D eigenvalue weighted by atomic mass is 32.1. The summed E-state index contributed by atoms with van der Waals surface area (Å²) in [6, 6.07) is 2.01. The molecule has 0 aliphatic rings. The quantitative estimate of drug-likeness (QED) is 0.519. The van der Waals surface area contributed by atoms with Crippen LogP contribution in [0, 0.1) is 0 Å². The first kappa shape index (κ1) is 9.83. The third kappa shape index (κ3) is 2.61. The topological polar surface area (TPSA) is 25.2 Å². The van der Waals surface area contributed by atoms with Gasteiger partial charge in [0.15, 0.2) is 5.82 Å². The largest absolute Gasteiger partial charge is 0.417 e. The van der Waals surface area contributed by atoms with Crippen LogP contribution in [0.15, 0.2) is 23.3 Å². The van der Waals surface area contributed by atoms with E-state index in [4.69, 9.17) is 0 Å². The molecule has 0 fully saturated rings. The second kappa shape index (κ2) is 3.64. The number of hydrogen-bond acceptors (Lipinski definition) is 3. The smallest absolute Gasteiger partial charge is 0.236 e. The summed E-state index contributed by atoms with van der Waals surface area (Å²) in [6.45, 7) is 0. The second-order valence-electron chi connectivity index (χ2n) is 2.11. The second-order valence-corrected chi connectivity index (χ2v) is 2.29. The van der Waals surface area contributed by atoms with Crippen LogP contribution < -0.4 is 0 Å². The van der Waals surface area contributed by atoms with Gasteiger partial charge in [-0.2, -0.15) is 18.2 Å². The van der Waals surface area contributed by atoms with Crippen molar-refractivity contribution in [1.29, 1.82) is 0 Å². The lowest BCUT2D eigenvalue weighted by molar-refractivity contribution is -0.137. The molecule has 1 rings (SSSR count). The van der Waals surface area contributed by atoms with Crippen molar-refractivity contribution < 1.29 is 13.2 Å². The van der Waals surface area contributed by atoms with Crippen molar-refractivity contribution in [3.8, 4) is 0 Å². The Kier molecular flexibility index (Phi) is 2.75. The number of rotatable bonds is 1. The Morgan fingerprint density at radius 3 is 2.46 bits per heavy atom. The number of pyridine rings is 1. The Bertz CT molecular complexity index is 338. The molecule has 0 spiro atoms. The lowest BCUT2D eigenvalue weighted by atomic mass is 10.3. The van der Waals surface area contributed by atoms with Crippen LogP contribution in [-0.4, -0.2) is 10.1 Å². The van der Waals surface area contributed by atoms with E-state index in [0.29, 0.717) is 6.20 Å². The number of nitrogens with zero attached hydrogens (tertiary/aromatic N) is 2. The first-order valence-corrected chi connectivity index (χ1v) is 3.56. The SMILES string of the molecule is FC(F)(F)c1ccc(N=C=S)nc1. The van der Waals surface area contributed by atoms with Crippen molar-refractivity contribution in [3.05, 3.63) is 23.9 Å². The summed E-state index contributed by atoms with van der Waals surface area (Å²) < 4.78 is 36.0. The van der Waals surface area contributed by atoms with Crippen molar-refractivity contribution in [2.75, 3.05) is 0 Å². The van der Waals surface area contributed by atoms with E-state index in [9.17, 15) is 13.2 Å². The lowest BCUT2D eigenvalue weighted by Crippen LogP contribution is -2.04. The van der Waals surface area contributed by atoms with Gasteiger partial charge in [-0.3, -0.25) is 0 Å². The molecular formula is C7H3F3N2S. The zero-order valence-corrected chi connectivity index (χ0v) is 6.99. The van der Waals surface area contributed by atoms with Crippen LogP contribution in [0.25, 0.3) is 0 Å². The zero-order valence-electron chi connectivity index (χ0n) is 6.17. The average Bonchev–Trinajstić information content (AvgIpc) is 2.04. The summed E-state index contributed by atoms with van der Waals surface area (Å²) in [5.74, 6) is 0.114. The zero-order chi connectivity index (χ0) is 9.90. The highest BCUT2D eigenvalue weighted by Gasteiger charge is 2.30. The molecule has 0 radical (unpaired) electrons. The van der Waals surface area contributed by atoms with Crippen molar-refractivity contribution in [3.63, 3.8) is 0 Å². The minimum atomic E-state index is -4.37. The summed E-state index contributed by atoms with van der Waals surface area (Å²) in [4.78, 5) is 6.84. The molecule has 0 aromatic carbocycles. The Balaban J connectivity index is 3.00. The summed E-state index contributed by atoms with van der Waals surface area (Å²) in [5.41, 5.74) is -0.809. The normalized spacial score (nSPS) is 10.7. The van der Waals surface area contributed by atoms with Crippen molar-refractivity contribution in [2.24, 2.45) is 4.99 Å². The van der Waals surface area contributed by atoms with E-state index in [2.05, 4.69) is 22.2 Å². The summed E-state index contributed by atoms with van der Waals surface area (Å²) in [6.07, 6.45) is -3.67. The van der Waals surface area contributed by atoms with E-state index in [1.807, 2.05) is 5.16 Å². The van der Waals surface area contributed by atoms with Gasteiger partial charge in [0.05, 0.1) is 10.7 Å². The van der Waals surface area contributed by atoms with Gasteiger partial charge < -0.3 is 0 Å². The molecule has 0 N–H and O–H groups in total. The first-order chi connectivity index (χ1) is 6.04. The van der Waals surface area contributed by atoms with Crippen molar-refractivity contribution in [1.82, 2.24) is 4.98 Å². The predicted molar refractivity (Wildman–Crippen MR) is 43.9 cm³/mol. The number of hydrogen-bond donors (Lipinski definition) is 0. The van der Waals surface area contributed by atoms with Gasteiger partial charge in [0.1, 0.15) is 0 Å². The number of halogens is 3. The molecule has 0 saturated carbocycles. The molecule has 1 aromatic rings. The van der Waals surface area contributed by atoms with Crippen LogP contribution in [0.4, 0.5) is 19.0 Å². The molecule has 1 aromatic heterocycles. The summed E-state index contributed by atoms with van der Waals surface area (Å²) in [5, 5.41) is 2.01. The standard InChI is InChI=1S/C7H3F3N2S/c8-7(9,10)5-1-2-6(11-3-5)12-4-13/h1-3H. The fourth-order valence-corrected chi connectivity index (χ4v) is 0.760. The Morgan fingerprint density at radius 2 is 2.08 bits per heavy atom. The molecule has 1 heterocycles. The van der Waals surface area contributed by atoms with E-state index in [1.165, 1.54) is 0 Å². The molecule has 0 unspecified atom stereocenters. The van der Waals surface area contributed by atoms with Gasteiger partial charge >= 0.3 is 6.18 Å². The van der Waals surface area contributed by atoms with Gasteiger partial charge in [-0.05, 0) is 24.4 Å². The van der Waals surface area contributed by atoms with Gasteiger partial charge in [-0.25, -0.2) is 4.98 Å². The molecular weight excluding hydrogens is 201 g/mol. The number of aromatic nitrogens is 1. The van der Waals surface area contributed by atoms with E-state index in [-0.39, 0.29) is 5.82 Å². The number of aliphatic imine (C=N–C) groups is 1. The minimum Gasteiger partial charge on any atom is -0.236 e. The number of thiocarbonyl (C=S) groups is 1. The van der Waals surface area contributed by atoms with Crippen LogP contribution in [0.2, 0.25) is 0 Å². The Morgan fingerprint density at radius 1 is 1.38 bits per heavy atom. The number of alkyl halides is 3. The molecule has 6 heteroatoms. The fraction of sp³-hybridized carbons (Fsp3) is 0.143.